The Morgan fingerprint density at radius 2 is 2.20 bits per heavy atom. The normalized spacial score (nSPS) is 15.1. The van der Waals surface area contributed by atoms with E-state index < -0.39 is 11.5 Å². The van der Waals surface area contributed by atoms with Crippen LogP contribution in [0.2, 0.25) is 0 Å². The third-order valence-electron chi connectivity index (χ3n) is 0.933. The van der Waals surface area contributed by atoms with Crippen molar-refractivity contribution < 1.29 is 14.6 Å². The van der Waals surface area contributed by atoms with Crippen LogP contribution in [-0.2, 0) is 9.53 Å². The summed E-state index contributed by atoms with van der Waals surface area (Å²) in [4.78, 5) is 10.2. The van der Waals surface area contributed by atoms with Gasteiger partial charge in [-0.1, -0.05) is 0 Å². The lowest BCUT2D eigenvalue weighted by atomic mass is 10.1. The van der Waals surface area contributed by atoms with Crippen molar-refractivity contribution in [1.29, 1.82) is 0 Å². The number of hydrogen-bond donors (Lipinski definition) is 2. The van der Waals surface area contributed by atoms with E-state index in [0.717, 1.165) is 0 Å². The van der Waals surface area contributed by atoms with Crippen molar-refractivity contribution in [2.45, 2.75) is 12.5 Å². The lowest BCUT2D eigenvalue weighted by molar-refractivity contribution is -0.144. The monoisotopic (exact) mass is 169 g/mol. The number of carboxylic acids is 1. The van der Waals surface area contributed by atoms with Gasteiger partial charge in [0.05, 0.1) is 6.61 Å². The van der Waals surface area contributed by atoms with E-state index >= 15 is 0 Å². The van der Waals surface area contributed by atoms with Crippen LogP contribution in [-0.4, -0.2) is 30.3 Å². The first kappa shape index (κ1) is 12.4. The van der Waals surface area contributed by atoms with Crippen LogP contribution in [0.15, 0.2) is 0 Å². The van der Waals surface area contributed by atoms with Gasteiger partial charge in [0.25, 0.3) is 0 Å². The van der Waals surface area contributed by atoms with Gasteiger partial charge in [0.15, 0.2) is 0 Å². The van der Waals surface area contributed by atoms with Gasteiger partial charge in [-0.25, -0.2) is 0 Å². The Balaban J connectivity index is 0. The Morgan fingerprint density at radius 1 is 1.80 bits per heavy atom. The minimum Gasteiger partial charge on any atom is -0.480 e. The zero-order valence-corrected chi connectivity index (χ0v) is 6.77. The summed E-state index contributed by atoms with van der Waals surface area (Å²) in [6.45, 7) is 1.43. The van der Waals surface area contributed by atoms with Gasteiger partial charge in [-0.3, -0.25) is 4.79 Å². The number of nitrogens with two attached hydrogens (primary N) is 1. The largest absolute Gasteiger partial charge is 0.480 e. The van der Waals surface area contributed by atoms with E-state index in [0.29, 0.717) is 0 Å². The SMILES string of the molecule is COCC(C)(N)C(=O)O.Cl. The Bertz CT molecular complexity index is 115. The molecule has 4 nitrogen and oxygen atoms in total. The van der Waals surface area contributed by atoms with Gasteiger partial charge in [-0.15, -0.1) is 12.4 Å². The van der Waals surface area contributed by atoms with Crippen molar-refractivity contribution in [2.24, 2.45) is 5.73 Å². The minimum absolute atomic E-state index is 0. The molecule has 0 aromatic carbocycles. The second-order valence-corrected chi connectivity index (χ2v) is 2.16. The molecule has 0 amide bonds. The van der Waals surface area contributed by atoms with Crippen LogP contribution < -0.4 is 5.73 Å². The van der Waals surface area contributed by atoms with Gasteiger partial charge in [-0.2, -0.15) is 0 Å². The summed E-state index contributed by atoms with van der Waals surface area (Å²) in [5.41, 5.74) is 3.99. The summed E-state index contributed by atoms with van der Waals surface area (Å²) < 4.78 is 4.56. The van der Waals surface area contributed by atoms with E-state index in [-0.39, 0.29) is 19.0 Å². The average Bonchev–Trinajstić information content (AvgIpc) is 1.65. The lowest BCUT2D eigenvalue weighted by Gasteiger charge is -2.16. The number of halogens is 1. The standard InChI is InChI=1S/C5H11NO3.ClH/c1-5(6,3-9-2)4(7)8;/h3,6H2,1-2H3,(H,7,8);1H. The van der Waals surface area contributed by atoms with Crippen molar-refractivity contribution in [2.75, 3.05) is 13.7 Å². The third-order valence-corrected chi connectivity index (χ3v) is 0.933. The molecular formula is C5H12ClNO3. The molecule has 0 spiro atoms. The highest BCUT2D eigenvalue weighted by atomic mass is 35.5. The van der Waals surface area contributed by atoms with Gasteiger partial charge >= 0.3 is 5.97 Å². The van der Waals surface area contributed by atoms with Crippen LogP contribution in [0.3, 0.4) is 0 Å². The van der Waals surface area contributed by atoms with Crippen LogP contribution in [0, 0.1) is 0 Å². The van der Waals surface area contributed by atoms with E-state index in [2.05, 4.69) is 4.74 Å². The average molecular weight is 170 g/mol. The molecule has 0 aliphatic carbocycles. The maximum Gasteiger partial charge on any atom is 0.325 e. The molecular weight excluding hydrogens is 158 g/mol. The summed E-state index contributed by atoms with van der Waals surface area (Å²) in [6.07, 6.45) is 0. The van der Waals surface area contributed by atoms with E-state index in [1.165, 1.54) is 14.0 Å². The van der Waals surface area contributed by atoms with Gasteiger partial charge in [0.2, 0.25) is 0 Å². The van der Waals surface area contributed by atoms with Crippen LogP contribution >= 0.6 is 12.4 Å². The Morgan fingerprint density at radius 3 is 2.30 bits per heavy atom. The first-order valence-electron chi connectivity index (χ1n) is 2.52. The summed E-state index contributed by atoms with van der Waals surface area (Å²) in [5, 5.41) is 8.37. The summed E-state index contributed by atoms with van der Waals surface area (Å²) in [5.74, 6) is -1.05. The number of ether oxygens (including phenoxy) is 1. The quantitative estimate of drug-likeness (QED) is 0.617. The van der Waals surface area contributed by atoms with E-state index in [1.54, 1.807) is 0 Å². The molecule has 0 heterocycles. The van der Waals surface area contributed by atoms with Crippen molar-refractivity contribution in [3.63, 3.8) is 0 Å². The highest BCUT2D eigenvalue weighted by molar-refractivity contribution is 5.85. The molecule has 0 aromatic rings. The highest BCUT2D eigenvalue weighted by Gasteiger charge is 2.27. The Kier molecular flexibility index (Phi) is 5.55. The van der Waals surface area contributed by atoms with Gasteiger partial charge in [-0.05, 0) is 6.92 Å². The van der Waals surface area contributed by atoms with Crippen LogP contribution in [0.25, 0.3) is 0 Å². The second kappa shape index (κ2) is 4.49. The fraction of sp³-hybridized carbons (Fsp3) is 0.800. The molecule has 0 rings (SSSR count). The topological polar surface area (TPSA) is 72.5 Å². The summed E-state index contributed by atoms with van der Waals surface area (Å²) in [6, 6.07) is 0. The van der Waals surface area contributed by atoms with E-state index in [1.807, 2.05) is 0 Å². The molecule has 0 saturated carbocycles. The summed E-state index contributed by atoms with van der Waals surface area (Å²) in [7, 11) is 1.41. The number of rotatable bonds is 3. The molecule has 0 aromatic heterocycles. The molecule has 1 atom stereocenters. The Hall–Kier alpha value is -0.320. The number of methoxy groups -OCH3 is 1. The minimum atomic E-state index is -1.26. The molecule has 5 heteroatoms. The number of hydrogen-bond acceptors (Lipinski definition) is 3. The molecule has 0 aliphatic rings. The molecule has 62 valence electrons. The smallest absolute Gasteiger partial charge is 0.325 e. The number of carbonyl (C=O) groups is 1. The van der Waals surface area contributed by atoms with Crippen LogP contribution in [0.1, 0.15) is 6.92 Å². The first-order chi connectivity index (χ1) is 4.00. The van der Waals surface area contributed by atoms with E-state index in [9.17, 15) is 4.79 Å². The zero-order valence-electron chi connectivity index (χ0n) is 5.96. The predicted molar refractivity (Wildman–Crippen MR) is 39.4 cm³/mol. The third kappa shape index (κ3) is 3.66. The molecule has 0 aliphatic heterocycles. The molecule has 0 fully saturated rings. The lowest BCUT2D eigenvalue weighted by Crippen LogP contribution is -2.48. The molecule has 10 heavy (non-hydrogen) atoms. The molecule has 0 saturated heterocycles. The molecule has 1 unspecified atom stereocenters. The Labute approximate surface area is 65.8 Å². The van der Waals surface area contributed by atoms with Crippen molar-refractivity contribution in [1.82, 2.24) is 0 Å². The predicted octanol–water partition coefficient (Wildman–Crippen LogP) is -0.143. The van der Waals surface area contributed by atoms with Crippen molar-refractivity contribution in [3.05, 3.63) is 0 Å². The second-order valence-electron chi connectivity index (χ2n) is 2.16. The molecule has 3 N–H and O–H groups in total. The van der Waals surface area contributed by atoms with Crippen LogP contribution in [0.5, 0.6) is 0 Å². The maximum atomic E-state index is 10.2. The van der Waals surface area contributed by atoms with E-state index in [4.69, 9.17) is 10.8 Å². The van der Waals surface area contributed by atoms with Gasteiger partial charge in [0, 0.05) is 7.11 Å². The molecule has 0 radical (unpaired) electrons. The van der Waals surface area contributed by atoms with Crippen molar-refractivity contribution >= 4 is 18.4 Å². The maximum absolute atomic E-state index is 10.2. The molecule has 0 bridgehead atoms. The fourth-order valence-corrected chi connectivity index (χ4v) is 0.362. The van der Waals surface area contributed by atoms with Crippen molar-refractivity contribution in [3.8, 4) is 0 Å². The highest BCUT2D eigenvalue weighted by Crippen LogP contribution is 1.97. The number of carboxylic acid groups (broad SMARTS) is 1. The van der Waals surface area contributed by atoms with Gasteiger partial charge < -0.3 is 15.6 Å². The fourth-order valence-electron chi connectivity index (χ4n) is 0.362. The van der Waals surface area contributed by atoms with Crippen LogP contribution in [0.4, 0.5) is 0 Å². The summed E-state index contributed by atoms with van der Waals surface area (Å²) >= 11 is 0. The number of aliphatic carboxylic acids is 1. The zero-order chi connectivity index (χ0) is 7.49. The first-order valence-corrected chi connectivity index (χ1v) is 2.52. The van der Waals surface area contributed by atoms with Gasteiger partial charge in [0.1, 0.15) is 5.54 Å².